The molecule has 0 saturated heterocycles. The van der Waals surface area contributed by atoms with Crippen molar-refractivity contribution in [2.45, 2.75) is 18.2 Å². The molecule has 0 aliphatic carbocycles. The predicted molar refractivity (Wildman–Crippen MR) is 172 cm³/mol. The molecule has 0 saturated carbocycles. The Morgan fingerprint density at radius 3 is 2.13 bits per heavy atom. The maximum absolute atomic E-state index is 14.9. The fourth-order valence-corrected chi connectivity index (χ4v) is 6.60. The van der Waals surface area contributed by atoms with Gasteiger partial charge in [0.25, 0.3) is 6.43 Å². The van der Waals surface area contributed by atoms with Crippen LogP contribution in [0.25, 0.3) is 44.4 Å². The first-order chi connectivity index (χ1) is 22.2. The summed E-state index contributed by atoms with van der Waals surface area (Å²) in [6.45, 7) is 1.82. The van der Waals surface area contributed by atoms with Gasteiger partial charge in [0.1, 0.15) is 5.82 Å². The Balaban J connectivity index is 1.68. The van der Waals surface area contributed by atoms with Gasteiger partial charge in [-0.25, -0.2) is 18.0 Å². The first kappa shape index (κ1) is 30.3. The first-order valence-corrected chi connectivity index (χ1v) is 14.8. The molecule has 224 valence electrons. The van der Waals surface area contributed by atoms with Crippen LogP contribution >= 0.6 is 11.9 Å². The smallest absolute Gasteiger partial charge is 0.335 e. The minimum atomic E-state index is -2.63. The van der Waals surface area contributed by atoms with E-state index in [1.54, 1.807) is 48.5 Å². The van der Waals surface area contributed by atoms with E-state index in [0.29, 0.717) is 38.2 Å². The molecule has 0 aliphatic rings. The lowest BCUT2D eigenvalue weighted by molar-refractivity contribution is 0.0696. The molecular weight excluding hydrogens is 607 g/mol. The number of hydrogen-bond acceptors (Lipinski definition) is 4. The van der Waals surface area contributed by atoms with E-state index in [1.807, 2.05) is 35.2 Å². The van der Waals surface area contributed by atoms with E-state index >= 15 is 0 Å². The zero-order valence-corrected chi connectivity index (χ0v) is 24.9. The van der Waals surface area contributed by atoms with Gasteiger partial charge < -0.3 is 5.11 Å². The Bertz CT molecular complexity index is 2210. The van der Waals surface area contributed by atoms with E-state index in [1.165, 1.54) is 42.3 Å². The fraction of sp³-hybridized carbons (Fsp3) is 0.0541. The summed E-state index contributed by atoms with van der Waals surface area (Å²) in [6, 6.07) is 31.7. The number of nitriles is 2. The summed E-state index contributed by atoms with van der Waals surface area (Å²) in [4.78, 5) is 12.2. The monoisotopic (exact) mass is 629 g/mol. The van der Waals surface area contributed by atoms with Crippen molar-refractivity contribution >= 4 is 28.8 Å². The number of benzene rings is 5. The third-order valence-electron chi connectivity index (χ3n) is 7.69. The number of aromatic nitrogens is 1. The summed E-state index contributed by atoms with van der Waals surface area (Å²) in [5.41, 5.74) is 5.44. The van der Waals surface area contributed by atoms with Crippen LogP contribution < -0.4 is 0 Å². The second-order valence-corrected chi connectivity index (χ2v) is 11.5. The van der Waals surface area contributed by atoms with E-state index < -0.39 is 18.2 Å². The van der Waals surface area contributed by atoms with E-state index in [4.69, 9.17) is 0 Å². The molecule has 0 radical (unpaired) electrons. The number of nitrogens with zero attached hydrogens (tertiary/aromatic N) is 3. The molecule has 9 heteroatoms. The highest BCUT2D eigenvalue weighted by Crippen LogP contribution is 2.47. The molecule has 1 N–H and O–H groups in total. The topological polar surface area (TPSA) is 89.8 Å². The molecule has 0 aliphatic heterocycles. The van der Waals surface area contributed by atoms with Crippen LogP contribution in [0.15, 0.2) is 108 Å². The molecule has 46 heavy (non-hydrogen) atoms. The van der Waals surface area contributed by atoms with E-state index in [9.17, 15) is 33.6 Å². The van der Waals surface area contributed by atoms with Gasteiger partial charge in [0.05, 0.1) is 40.0 Å². The summed E-state index contributed by atoms with van der Waals surface area (Å²) in [7, 11) is 0. The normalized spacial score (nSPS) is 11.0. The molecule has 1 aromatic heterocycles. The standard InChI is InChI=1S/C37H22F3N3O2S/c1-21-16-25(37(44)45)10-14-30(21)23-4-2-5-24(17-23)35-34(33-26(19-41)6-3-7-27(33)20-42)31-18-28(38)11-15-32(31)43(35)46-29-12-8-22(9-13-29)36(39)40/h2-18,36H,1H3,(H,44,45). The van der Waals surface area contributed by atoms with Gasteiger partial charge in [0, 0.05) is 32.5 Å². The lowest BCUT2D eigenvalue weighted by Gasteiger charge is -2.15. The van der Waals surface area contributed by atoms with Crippen molar-refractivity contribution in [1.82, 2.24) is 3.97 Å². The Kier molecular flexibility index (Phi) is 8.10. The zero-order valence-electron chi connectivity index (χ0n) is 24.1. The van der Waals surface area contributed by atoms with Crippen molar-refractivity contribution in [3.63, 3.8) is 0 Å². The van der Waals surface area contributed by atoms with Crippen LogP contribution in [0.5, 0.6) is 0 Å². The van der Waals surface area contributed by atoms with Crippen molar-refractivity contribution in [1.29, 1.82) is 10.5 Å². The number of carboxylic acids is 1. The maximum Gasteiger partial charge on any atom is 0.335 e. The average molecular weight is 630 g/mol. The lowest BCUT2D eigenvalue weighted by Crippen LogP contribution is -1.98. The van der Waals surface area contributed by atoms with Gasteiger partial charge in [0.15, 0.2) is 0 Å². The molecule has 0 bridgehead atoms. The molecule has 0 spiro atoms. The van der Waals surface area contributed by atoms with Gasteiger partial charge in [-0.3, -0.25) is 3.97 Å². The van der Waals surface area contributed by atoms with Crippen molar-refractivity contribution < 1.29 is 23.1 Å². The van der Waals surface area contributed by atoms with Crippen molar-refractivity contribution in [2.75, 3.05) is 0 Å². The summed E-state index contributed by atoms with van der Waals surface area (Å²) >= 11 is 1.24. The number of halogens is 3. The van der Waals surface area contributed by atoms with Gasteiger partial charge in [0.2, 0.25) is 0 Å². The van der Waals surface area contributed by atoms with Crippen molar-refractivity contribution in [3.05, 3.63) is 137 Å². The van der Waals surface area contributed by atoms with Gasteiger partial charge in [-0.15, -0.1) is 0 Å². The highest BCUT2D eigenvalue weighted by atomic mass is 32.2. The van der Waals surface area contributed by atoms with Crippen LogP contribution in [-0.4, -0.2) is 15.0 Å². The molecule has 6 rings (SSSR count). The quantitative estimate of drug-likeness (QED) is 0.190. The number of fused-ring (bicyclic) bond motifs is 1. The molecule has 6 aromatic rings. The fourth-order valence-electron chi connectivity index (χ4n) is 5.59. The molecule has 5 nitrogen and oxygen atoms in total. The molecule has 0 amide bonds. The SMILES string of the molecule is Cc1cc(C(=O)O)ccc1-c1cccc(-c2c(-c3c(C#N)cccc3C#N)c3cc(F)ccc3n2Sc2ccc(C(F)F)cc2)c1. The highest BCUT2D eigenvalue weighted by Gasteiger charge is 2.26. The third-order valence-corrected chi connectivity index (χ3v) is 8.74. The lowest BCUT2D eigenvalue weighted by atomic mass is 9.90. The molecule has 5 aromatic carbocycles. The zero-order chi connectivity index (χ0) is 32.5. The van der Waals surface area contributed by atoms with Crippen LogP contribution in [0.1, 0.15) is 39.0 Å². The van der Waals surface area contributed by atoms with Crippen LogP contribution in [-0.2, 0) is 0 Å². The number of hydrogen-bond donors (Lipinski definition) is 1. The average Bonchev–Trinajstić information content (AvgIpc) is 3.36. The van der Waals surface area contributed by atoms with E-state index in [0.717, 1.165) is 16.7 Å². The van der Waals surface area contributed by atoms with Crippen LogP contribution in [0.4, 0.5) is 13.2 Å². The van der Waals surface area contributed by atoms with Crippen LogP contribution in [0.2, 0.25) is 0 Å². The Morgan fingerprint density at radius 2 is 1.50 bits per heavy atom. The molecule has 0 unspecified atom stereocenters. The van der Waals surface area contributed by atoms with Crippen LogP contribution in [0, 0.1) is 35.4 Å². The molecule has 1 heterocycles. The number of carboxylic acid groups (broad SMARTS) is 1. The largest absolute Gasteiger partial charge is 0.478 e. The summed E-state index contributed by atoms with van der Waals surface area (Å²) < 4.78 is 43.5. The summed E-state index contributed by atoms with van der Waals surface area (Å²) in [6.07, 6.45) is -2.63. The second kappa shape index (κ2) is 12.3. The molecule has 0 atom stereocenters. The number of aryl methyl sites for hydroxylation is 1. The van der Waals surface area contributed by atoms with Crippen LogP contribution in [0.3, 0.4) is 0 Å². The minimum absolute atomic E-state index is 0.122. The van der Waals surface area contributed by atoms with Gasteiger partial charge in [-0.1, -0.05) is 42.5 Å². The molecular formula is C37H22F3N3O2S. The number of rotatable bonds is 7. The maximum atomic E-state index is 14.9. The summed E-state index contributed by atoms with van der Waals surface area (Å²) in [5, 5.41) is 30.2. The highest BCUT2D eigenvalue weighted by molar-refractivity contribution is 7.98. The van der Waals surface area contributed by atoms with E-state index in [2.05, 4.69) is 12.1 Å². The predicted octanol–water partition coefficient (Wildman–Crippen LogP) is 10.0. The van der Waals surface area contributed by atoms with Crippen molar-refractivity contribution in [2.24, 2.45) is 0 Å². The minimum Gasteiger partial charge on any atom is -0.478 e. The first-order valence-electron chi connectivity index (χ1n) is 14.0. The number of aromatic carboxylic acids is 1. The third kappa shape index (κ3) is 5.49. The van der Waals surface area contributed by atoms with Gasteiger partial charge in [-0.2, -0.15) is 10.5 Å². The Morgan fingerprint density at radius 1 is 0.826 bits per heavy atom. The van der Waals surface area contributed by atoms with E-state index in [-0.39, 0.29) is 22.3 Å². The number of alkyl halides is 2. The second-order valence-electron chi connectivity index (χ2n) is 10.5. The summed E-state index contributed by atoms with van der Waals surface area (Å²) in [5.74, 6) is -1.55. The Labute approximate surface area is 266 Å². The van der Waals surface area contributed by atoms with Gasteiger partial charge in [-0.05, 0) is 96.2 Å². The number of carbonyl (C=O) groups is 1. The van der Waals surface area contributed by atoms with Crippen molar-refractivity contribution in [3.8, 4) is 45.6 Å². The Hall–Kier alpha value is -5.77. The van der Waals surface area contributed by atoms with Gasteiger partial charge >= 0.3 is 5.97 Å². The molecule has 0 fully saturated rings.